The fourth-order valence-corrected chi connectivity index (χ4v) is 8.25. The number of halogens is 2. The summed E-state index contributed by atoms with van der Waals surface area (Å²) in [4.78, 5) is 37.3. The molecule has 0 radical (unpaired) electrons. The Morgan fingerprint density at radius 1 is 0.922 bits per heavy atom. The van der Waals surface area contributed by atoms with Crippen molar-refractivity contribution in [2.45, 2.75) is 68.7 Å². The van der Waals surface area contributed by atoms with E-state index in [1.165, 1.54) is 18.9 Å². The number of pyridine rings is 1. The zero-order valence-corrected chi connectivity index (χ0v) is 30.3. The summed E-state index contributed by atoms with van der Waals surface area (Å²) in [6.45, 7) is 0.812. The van der Waals surface area contributed by atoms with Gasteiger partial charge in [-0.05, 0) is 72.7 Å². The second-order valence-electron chi connectivity index (χ2n) is 13.3. The van der Waals surface area contributed by atoms with E-state index in [0.29, 0.717) is 47.8 Å². The van der Waals surface area contributed by atoms with Gasteiger partial charge in [-0.15, -0.1) is 11.8 Å². The number of thioether (sulfide) groups is 1. The summed E-state index contributed by atoms with van der Waals surface area (Å²) in [6, 6.07) is 15.6. The van der Waals surface area contributed by atoms with Gasteiger partial charge in [0, 0.05) is 60.1 Å². The molecule has 274 valence electrons. The molecule has 1 saturated carbocycles. The number of hydrogen-bond donors (Lipinski definition) is 6. The first-order valence-corrected chi connectivity index (χ1v) is 19.0. The van der Waals surface area contributed by atoms with Gasteiger partial charge in [0.2, 0.25) is 5.91 Å². The molecule has 2 amide bonds. The van der Waals surface area contributed by atoms with Crippen molar-refractivity contribution in [1.82, 2.24) is 15.2 Å². The lowest BCUT2D eigenvalue weighted by Crippen LogP contribution is -2.52. The predicted molar refractivity (Wildman–Crippen MR) is 197 cm³/mol. The van der Waals surface area contributed by atoms with Crippen molar-refractivity contribution in [3.05, 3.63) is 87.2 Å². The highest BCUT2D eigenvalue weighted by Crippen LogP contribution is 2.41. The van der Waals surface area contributed by atoms with Crippen molar-refractivity contribution in [2.24, 2.45) is 0 Å². The Kier molecular flexibility index (Phi) is 12.4. The smallest absolute Gasteiger partial charge is 0.269 e. The summed E-state index contributed by atoms with van der Waals surface area (Å²) in [5, 5.41) is 51.6. The number of aromatic nitrogens is 1. The summed E-state index contributed by atoms with van der Waals surface area (Å²) in [7, 11) is 0. The lowest BCUT2D eigenvalue weighted by Gasteiger charge is -2.39. The zero-order valence-electron chi connectivity index (χ0n) is 27.9. The van der Waals surface area contributed by atoms with Crippen LogP contribution in [0.3, 0.4) is 0 Å². The normalized spacial score (nSPS) is 20.1. The summed E-state index contributed by atoms with van der Waals surface area (Å²) in [5.41, 5.74) is 4.79. The van der Waals surface area contributed by atoms with Gasteiger partial charge in [0.05, 0.1) is 30.1 Å². The number of nitrogens with one attached hydrogen (secondary N) is 1. The first-order valence-electron chi connectivity index (χ1n) is 17.1. The van der Waals surface area contributed by atoms with Crippen molar-refractivity contribution < 1.29 is 35.1 Å². The maximum atomic E-state index is 14.0. The number of aryl methyl sites for hydroxylation is 2. The fraction of sp³-hybridized carbons (Fsp3) is 0.472. The van der Waals surface area contributed by atoms with Gasteiger partial charge < -0.3 is 40.6 Å². The molecule has 0 unspecified atom stereocenters. The zero-order chi connectivity index (χ0) is 36.2. The van der Waals surface area contributed by atoms with Gasteiger partial charge in [0.1, 0.15) is 24.0 Å². The van der Waals surface area contributed by atoms with Crippen molar-refractivity contribution in [3.8, 4) is 0 Å². The van der Waals surface area contributed by atoms with Crippen LogP contribution in [0.25, 0.3) is 0 Å². The average Bonchev–Trinajstić information content (AvgIpc) is 3.90. The van der Waals surface area contributed by atoms with Gasteiger partial charge in [-0.3, -0.25) is 19.5 Å². The SMILES string of the molecule is O=C(NC[C@H](O)[C@@H](O)[C@H](O)[C@H](O)CO)c1ccc(CCc2cc(Cl)c(CN3CSC[C@H]3C(=O)N3CCN(C4CC4)c4ccccc43)cc2Cl)cn1. The summed E-state index contributed by atoms with van der Waals surface area (Å²) >= 11 is 15.3. The summed E-state index contributed by atoms with van der Waals surface area (Å²) in [5.74, 6) is 0.951. The Morgan fingerprint density at radius 3 is 2.33 bits per heavy atom. The number of benzene rings is 2. The molecule has 1 saturated heterocycles. The molecule has 1 aliphatic carbocycles. The number of aliphatic hydroxyl groups is 5. The molecule has 51 heavy (non-hydrogen) atoms. The predicted octanol–water partition coefficient (Wildman–Crippen LogP) is 2.23. The Bertz CT molecular complexity index is 1700. The monoisotopic (exact) mass is 759 g/mol. The van der Waals surface area contributed by atoms with E-state index >= 15 is 0 Å². The number of carbonyl (C=O) groups is 2. The third kappa shape index (κ3) is 8.81. The second-order valence-corrected chi connectivity index (χ2v) is 15.1. The maximum absolute atomic E-state index is 14.0. The van der Waals surface area contributed by atoms with Crippen LogP contribution in [-0.2, 0) is 24.2 Å². The molecule has 3 heterocycles. The fourth-order valence-electron chi connectivity index (χ4n) is 6.54. The molecular weight excluding hydrogens is 717 g/mol. The Hall–Kier alpha value is -2.98. The maximum Gasteiger partial charge on any atom is 0.269 e. The van der Waals surface area contributed by atoms with Crippen LogP contribution in [0.4, 0.5) is 11.4 Å². The van der Waals surface area contributed by atoms with Crippen molar-refractivity contribution >= 4 is 58.2 Å². The third-order valence-electron chi connectivity index (χ3n) is 9.69. The van der Waals surface area contributed by atoms with Crippen LogP contribution >= 0.6 is 35.0 Å². The highest BCUT2D eigenvalue weighted by molar-refractivity contribution is 7.99. The number of para-hydroxylation sites is 2. The van der Waals surface area contributed by atoms with Crippen LogP contribution < -0.4 is 15.1 Å². The number of amides is 2. The van der Waals surface area contributed by atoms with Crippen LogP contribution in [0.15, 0.2) is 54.7 Å². The lowest BCUT2D eigenvalue weighted by molar-refractivity contribution is -0.122. The Balaban J connectivity index is 1.02. The molecule has 3 aromatic rings. The molecule has 3 aliphatic rings. The first-order chi connectivity index (χ1) is 24.5. The van der Waals surface area contributed by atoms with Crippen LogP contribution in [0.5, 0.6) is 0 Å². The lowest BCUT2D eigenvalue weighted by atomic mass is 10.0. The quantitative estimate of drug-likeness (QED) is 0.143. The summed E-state index contributed by atoms with van der Waals surface area (Å²) < 4.78 is 0. The van der Waals surface area contributed by atoms with E-state index in [4.69, 9.17) is 28.3 Å². The third-order valence-corrected chi connectivity index (χ3v) is 11.5. The van der Waals surface area contributed by atoms with E-state index < -0.39 is 43.5 Å². The molecule has 6 rings (SSSR count). The van der Waals surface area contributed by atoms with Gasteiger partial charge in [0.15, 0.2) is 0 Å². The molecule has 0 bridgehead atoms. The van der Waals surface area contributed by atoms with E-state index in [1.807, 2.05) is 29.2 Å². The minimum atomic E-state index is -1.78. The molecule has 6 N–H and O–H groups in total. The van der Waals surface area contributed by atoms with Crippen molar-refractivity contribution in [2.75, 3.05) is 47.7 Å². The second kappa shape index (κ2) is 16.8. The van der Waals surface area contributed by atoms with E-state index in [2.05, 4.69) is 32.2 Å². The molecule has 12 nitrogen and oxygen atoms in total. The van der Waals surface area contributed by atoms with Gasteiger partial charge in [-0.25, -0.2) is 0 Å². The molecule has 0 spiro atoms. The first kappa shape index (κ1) is 37.8. The minimum Gasteiger partial charge on any atom is -0.394 e. The molecular formula is C36H43Cl2N5O7S. The number of fused-ring (bicyclic) bond motifs is 1. The topological polar surface area (TPSA) is 170 Å². The van der Waals surface area contributed by atoms with E-state index in [-0.39, 0.29) is 17.6 Å². The molecule has 1 aromatic heterocycles. The highest BCUT2D eigenvalue weighted by atomic mass is 35.5. The molecule has 2 aromatic carbocycles. The number of anilines is 2. The van der Waals surface area contributed by atoms with Gasteiger partial charge in [-0.1, -0.05) is 41.4 Å². The number of carbonyl (C=O) groups excluding carboxylic acids is 2. The molecule has 2 fully saturated rings. The molecule has 15 heteroatoms. The summed E-state index contributed by atoms with van der Waals surface area (Å²) in [6.07, 6.45) is -1.64. The van der Waals surface area contributed by atoms with Crippen molar-refractivity contribution in [1.29, 1.82) is 0 Å². The number of nitrogens with zero attached hydrogens (tertiary/aromatic N) is 4. The van der Waals surface area contributed by atoms with E-state index in [9.17, 15) is 30.0 Å². The van der Waals surface area contributed by atoms with E-state index in [0.717, 1.165) is 40.5 Å². The van der Waals surface area contributed by atoms with Gasteiger partial charge >= 0.3 is 0 Å². The number of aliphatic hydroxyl groups excluding tert-OH is 5. The van der Waals surface area contributed by atoms with Crippen molar-refractivity contribution in [3.63, 3.8) is 0 Å². The minimum absolute atomic E-state index is 0.0865. The average molecular weight is 761 g/mol. The van der Waals surface area contributed by atoms with E-state index in [1.54, 1.807) is 24.0 Å². The van der Waals surface area contributed by atoms with Gasteiger partial charge in [0.25, 0.3) is 5.91 Å². The van der Waals surface area contributed by atoms with Gasteiger partial charge in [-0.2, -0.15) is 0 Å². The number of rotatable bonds is 14. The van der Waals surface area contributed by atoms with Crippen LogP contribution in [0.1, 0.15) is 40.0 Å². The van der Waals surface area contributed by atoms with Crippen LogP contribution in [0.2, 0.25) is 10.0 Å². The van der Waals surface area contributed by atoms with Crippen LogP contribution in [0, 0.1) is 0 Å². The highest BCUT2D eigenvalue weighted by Gasteiger charge is 2.40. The Morgan fingerprint density at radius 2 is 1.63 bits per heavy atom. The number of hydrogen-bond acceptors (Lipinski definition) is 11. The Labute approximate surface area is 311 Å². The largest absolute Gasteiger partial charge is 0.394 e. The molecule has 2 aliphatic heterocycles. The van der Waals surface area contributed by atoms with Crippen LogP contribution in [-0.4, -0.2) is 122 Å². The molecule has 5 atom stereocenters. The standard InChI is InChI=1S/C36H43Cl2N5O7S/c37-25-14-23(17-41-20-51-19-30(41)36(50)43-12-11-42(24-8-9-24)28-3-1-2-4-29(28)43)26(38)13-22(25)7-5-21-6-10-27(39-15-21)35(49)40-16-31(45)33(47)34(48)32(46)18-44/h1-4,6,10,13-15,24,30-34,44-48H,5,7-9,11-12,16-20H2,(H,40,49)/t30-,31-,32+,33+,34+/m0/s1.